The van der Waals surface area contributed by atoms with Gasteiger partial charge < -0.3 is 19.9 Å². The quantitative estimate of drug-likeness (QED) is 0.458. The van der Waals surface area contributed by atoms with Crippen LogP contribution < -0.4 is 10.2 Å². The second-order valence-corrected chi connectivity index (χ2v) is 7.60. The number of para-hydroxylation sites is 1. The average molecular weight is 412 g/mol. The zero-order valence-corrected chi connectivity index (χ0v) is 17.1. The van der Waals surface area contributed by atoms with Crippen LogP contribution in [0, 0.1) is 0 Å². The standard InChI is InChI=1S/C25H24N4O2/c30-25(21-17-26-22-9-5-4-8-20(21)22)24(18-6-2-1-3-7-18)28-19-10-11-23(27-16-19)29-12-14-31-15-13-29/h1-11,16-17,24,26,28H,12-15H2/t24-/m0/s1. The fourth-order valence-electron chi connectivity index (χ4n) is 3.99. The van der Waals surface area contributed by atoms with E-state index in [1.165, 1.54) is 0 Å². The van der Waals surface area contributed by atoms with Crippen LogP contribution in [0.5, 0.6) is 0 Å². The Bertz CT molecular complexity index is 1170. The number of morpholine rings is 1. The summed E-state index contributed by atoms with van der Waals surface area (Å²) in [6.45, 7) is 3.12. The van der Waals surface area contributed by atoms with Crippen molar-refractivity contribution in [2.45, 2.75) is 6.04 Å². The molecule has 156 valence electrons. The zero-order chi connectivity index (χ0) is 21.0. The molecular weight excluding hydrogens is 388 g/mol. The van der Waals surface area contributed by atoms with Gasteiger partial charge in [-0.1, -0.05) is 48.5 Å². The van der Waals surface area contributed by atoms with Crippen molar-refractivity contribution in [1.29, 1.82) is 0 Å². The first-order valence-electron chi connectivity index (χ1n) is 10.5. The van der Waals surface area contributed by atoms with Crippen molar-refractivity contribution in [2.75, 3.05) is 36.5 Å². The molecule has 0 amide bonds. The summed E-state index contributed by atoms with van der Waals surface area (Å²) in [6.07, 6.45) is 3.59. The normalized spacial score (nSPS) is 15.0. The molecule has 6 heteroatoms. The number of Topliss-reactive ketones (excluding diaryl/α,β-unsaturated/α-hetero) is 1. The Morgan fingerprint density at radius 3 is 2.55 bits per heavy atom. The lowest BCUT2D eigenvalue weighted by Crippen LogP contribution is -2.36. The molecule has 0 radical (unpaired) electrons. The molecule has 3 heterocycles. The van der Waals surface area contributed by atoms with E-state index < -0.39 is 6.04 Å². The Labute approximate surface area is 180 Å². The topological polar surface area (TPSA) is 70.2 Å². The molecule has 1 atom stereocenters. The van der Waals surface area contributed by atoms with Crippen LogP contribution in [0.15, 0.2) is 79.1 Å². The van der Waals surface area contributed by atoms with E-state index in [9.17, 15) is 4.79 Å². The minimum absolute atomic E-state index is 0.0147. The molecule has 6 nitrogen and oxygen atoms in total. The molecule has 5 rings (SSSR count). The van der Waals surface area contributed by atoms with E-state index in [4.69, 9.17) is 4.74 Å². The Morgan fingerprint density at radius 2 is 1.77 bits per heavy atom. The number of benzene rings is 2. The maximum Gasteiger partial charge on any atom is 0.191 e. The molecule has 1 saturated heterocycles. The highest BCUT2D eigenvalue weighted by atomic mass is 16.5. The first kappa shape index (κ1) is 19.3. The Hall–Kier alpha value is -3.64. The number of aromatic nitrogens is 2. The van der Waals surface area contributed by atoms with Crippen LogP contribution in [-0.2, 0) is 4.74 Å². The number of nitrogens with one attached hydrogen (secondary N) is 2. The van der Waals surface area contributed by atoms with Gasteiger partial charge in [0.25, 0.3) is 0 Å². The second-order valence-electron chi connectivity index (χ2n) is 7.60. The maximum atomic E-state index is 13.6. The number of ketones is 1. The third kappa shape index (κ3) is 4.02. The van der Waals surface area contributed by atoms with Crippen LogP contribution in [-0.4, -0.2) is 42.1 Å². The van der Waals surface area contributed by atoms with Crippen LogP contribution in [0.3, 0.4) is 0 Å². The summed E-state index contributed by atoms with van der Waals surface area (Å²) >= 11 is 0. The van der Waals surface area contributed by atoms with Crippen LogP contribution >= 0.6 is 0 Å². The summed E-state index contributed by atoms with van der Waals surface area (Å²) < 4.78 is 5.42. The van der Waals surface area contributed by atoms with Gasteiger partial charge in [0.1, 0.15) is 11.9 Å². The van der Waals surface area contributed by atoms with Crippen molar-refractivity contribution >= 4 is 28.2 Å². The number of nitrogens with zero attached hydrogens (tertiary/aromatic N) is 2. The van der Waals surface area contributed by atoms with Crippen molar-refractivity contribution < 1.29 is 9.53 Å². The van der Waals surface area contributed by atoms with Crippen molar-refractivity contribution in [3.05, 3.63) is 90.3 Å². The van der Waals surface area contributed by atoms with Crippen LogP contribution in [0.2, 0.25) is 0 Å². The van der Waals surface area contributed by atoms with Crippen LogP contribution in [0.1, 0.15) is 22.0 Å². The third-order valence-electron chi connectivity index (χ3n) is 5.64. The van der Waals surface area contributed by atoms with E-state index in [1.807, 2.05) is 66.7 Å². The number of aromatic amines is 1. The van der Waals surface area contributed by atoms with Gasteiger partial charge in [-0.05, 0) is 23.8 Å². The number of ether oxygens (including phenoxy) is 1. The summed E-state index contributed by atoms with van der Waals surface area (Å²) in [6, 6.07) is 21.1. The largest absolute Gasteiger partial charge is 0.378 e. The summed E-state index contributed by atoms with van der Waals surface area (Å²) in [5.41, 5.74) is 3.35. The molecular formula is C25H24N4O2. The predicted molar refractivity (Wildman–Crippen MR) is 123 cm³/mol. The van der Waals surface area contributed by atoms with Crippen molar-refractivity contribution in [3.8, 4) is 0 Å². The fraction of sp³-hybridized carbons (Fsp3) is 0.200. The van der Waals surface area contributed by atoms with Gasteiger partial charge in [0.2, 0.25) is 0 Å². The van der Waals surface area contributed by atoms with Crippen molar-refractivity contribution in [3.63, 3.8) is 0 Å². The van der Waals surface area contributed by atoms with E-state index in [-0.39, 0.29) is 5.78 Å². The van der Waals surface area contributed by atoms with Gasteiger partial charge >= 0.3 is 0 Å². The number of carbonyl (C=O) groups is 1. The number of fused-ring (bicyclic) bond motifs is 1. The molecule has 31 heavy (non-hydrogen) atoms. The second kappa shape index (κ2) is 8.62. The molecule has 1 aliphatic rings. The minimum Gasteiger partial charge on any atom is -0.378 e. The van der Waals surface area contributed by atoms with E-state index in [1.54, 1.807) is 12.4 Å². The lowest BCUT2D eigenvalue weighted by atomic mass is 9.97. The van der Waals surface area contributed by atoms with Crippen LogP contribution in [0.25, 0.3) is 10.9 Å². The fourth-order valence-corrected chi connectivity index (χ4v) is 3.99. The maximum absolute atomic E-state index is 13.6. The van der Waals surface area contributed by atoms with E-state index in [2.05, 4.69) is 20.2 Å². The molecule has 2 aromatic carbocycles. The number of pyridine rings is 1. The number of hydrogen-bond donors (Lipinski definition) is 2. The molecule has 2 N–H and O–H groups in total. The van der Waals surface area contributed by atoms with E-state index in [0.29, 0.717) is 5.56 Å². The third-order valence-corrected chi connectivity index (χ3v) is 5.64. The van der Waals surface area contributed by atoms with E-state index in [0.717, 1.165) is 54.3 Å². The number of rotatable bonds is 6. The van der Waals surface area contributed by atoms with Gasteiger partial charge in [-0.3, -0.25) is 4.79 Å². The Balaban J connectivity index is 1.44. The molecule has 2 aromatic heterocycles. The minimum atomic E-state index is -0.517. The van der Waals surface area contributed by atoms with E-state index >= 15 is 0 Å². The molecule has 4 aromatic rings. The first-order valence-corrected chi connectivity index (χ1v) is 10.5. The predicted octanol–water partition coefficient (Wildman–Crippen LogP) is 4.44. The number of carbonyl (C=O) groups excluding carboxylic acids is 1. The molecule has 0 spiro atoms. The highest BCUT2D eigenvalue weighted by Gasteiger charge is 2.24. The monoisotopic (exact) mass is 412 g/mol. The summed E-state index contributed by atoms with van der Waals surface area (Å²) in [5, 5.41) is 4.34. The molecule has 1 aliphatic heterocycles. The number of anilines is 2. The van der Waals surface area contributed by atoms with Gasteiger partial charge in [0.05, 0.1) is 25.1 Å². The number of H-pyrrole nitrogens is 1. The Kier molecular flexibility index (Phi) is 5.37. The van der Waals surface area contributed by atoms with Gasteiger partial charge in [-0.15, -0.1) is 0 Å². The van der Waals surface area contributed by atoms with Crippen molar-refractivity contribution in [2.24, 2.45) is 0 Å². The van der Waals surface area contributed by atoms with Gasteiger partial charge in [0, 0.05) is 35.8 Å². The lowest BCUT2D eigenvalue weighted by molar-refractivity contribution is 0.0971. The van der Waals surface area contributed by atoms with Gasteiger partial charge in [0.15, 0.2) is 5.78 Å². The first-order chi connectivity index (χ1) is 15.3. The molecule has 0 saturated carbocycles. The van der Waals surface area contributed by atoms with Crippen molar-refractivity contribution in [1.82, 2.24) is 9.97 Å². The summed E-state index contributed by atoms with van der Waals surface area (Å²) in [4.78, 5) is 23.6. The highest BCUT2D eigenvalue weighted by molar-refractivity contribution is 6.11. The summed E-state index contributed by atoms with van der Waals surface area (Å²) in [7, 11) is 0. The smallest absolute Gasteiger partial charge is 0.191 e. The SMILES string of the molecule is O=C(c1c[nH]c2ccccc12)[C@@H](Nc1ccc(N2CCOCC2)nc1)c1ccccc1. The highest BCUT2D eigenvalue weighted by Crippen LogP contribution is 2.28. The zero-order valence-electron chi connectivity index (χ0n) is 17.1. The molecule has 0 aliphatic carbocycles. The summed E-state index contributed by atoms with van der Waals surface area (Å²) in [5.74, 6) is 0.939. The van der Waals surface area contributed by atoms with Gasteiger partial charge in [-0.2, -0.15) is 0 Å². The Morgan fingerprint density at radius 1 is 1.00 bits per heavy atom. The molecule has 0 bridgehead atoms. The molecule has 1 fully saturated rings. The average Bonchev–Trinajstić information content (AvgIpc) is 3.28. The lowest BCUT2D eigenvalue weighted by Gasteiger charge is -2.28. The van der Waals surface area contributed by atoms with Crippen LogP contribution in [0.4, 0.5) is 11.5 Å². The molecule has 0 unspecified atom stereocenters. The van der Waals surface area contributed by atoms with Gasteiger partial charge in [-0.25, -0.2) is 4.98 Å². The number of hydrogen-bond acceptors (Lipinski definition) is 5.